The SMILES string of the molecule is COc1ccccc1NC(C(N)=O)c1ccc(C)nc1. The highest BCUT2D eigenvalue weighted by Gasteiger charge is 2.19. The molecule has 0 fully saturated rings. The molecule has 1 heterocycles. The molecule has 104 valence electrons. The number of rotatable bonds is 5. The molecular weight excluding hydrogens is 254 g/mol. The van der Waals surface area contributed by atoms with E-state index in [4.69, 9.17) is 10.5 Å². The number of methoxy groups -OCH3 is 1. The number of nitrogens with zero attached hydrogens (tertiary/aromatic N) is 1. The molecule has 0 aliphatic rings. The Bertz CT molecular complexity index is 596. The summed E-state index contributed by atoms with van der Waals surface area (Å²) in [5, 5.41) is 3.09. The molecule has 0 bridgehead atoms. The lowest BCUT2D eigenvalue weighted by atomic mass is 10.1. The lowest BCUT2D eigenvalue weighted by Crippen LogP contribution is -2.28. The lowest BCUT2D eigenvalue weighted by molar-refractivity contribution is -0.118. The van der Waals surface area contributed by atoms with Gasteiger partial charge in [0, 0.05) is 17.5 Å². The quantitative estimate of drug-likeness (QED) is 0.872. The molecule has 0 saturated carbocycles. The second-order valence-corrected chi connectivity index (χ2v) is 4.41. The zero-order valence-corrected chi connectivity index (χ0v) is 11.5. The van der Waals surface area contributed by atoms with Crippen molar-refractivity contribution in [3.8, 4) is 5.75 Å². The molecule has 1 atom stereocenters. The summed E-state index contributed by atoms with van der Waals surface area (Å²) in [4.78, 5) is 15.9. The van der Waals surface area contributed by atoms with Gasteiger partial charge in [-0.3, -0.25) is 9.78 Å². The molecule has 5 heteroatoms. The lowest BCUT2D eigenvalue weighted by Gasteiger charge is -2.18. The standard InChI is InChI=1S/C15H17N3O2/c1-10-7-8-11(9-17-10)14(15(16)19)18-12-5-3-4-6-13(12)20-2/h3-9,14,18H,1-2H3,(H2,16,19). The molecule has 0 saturated heterocycles. The van der Waals surface area contributed by atoms with E-state index in [0.717, 1.165) is 5.69 Å². The van der Waals surface area contributed by atoms with Crippen molar-refractivity contribution in [2.45, 2.75) is 13.0 Å². The highest BCUT2D eigenvalue weighted by molar-refractivity contribution is 5.85. The third-order valence-corrected chi connectivity index (χ3v) is 2.96. The summed E-state index contributed by atoms with van der Waals surface area (Å²) >= 11 is 0. The molecule has 20 heavy (non-hydrogen) atoms. The number of aromatic nitrogens is 1. The predicted octanol–water partition coefficient (Wildman–Crippen LogP) is 2.04. The number of aryl methyl sites for hydroxylation is 1. The van der Waals surface area contributed by atoms with Crippen LogP contribution in [-0.2, 0) is 4.79 Å². The summed E-state index contributed by atoms with van der Waals surface area (Å²) in [6.45, 7) is 1.89. The summed E-state index contributed by atoms with van der Waals surface area (Å²) in [5.74, 6) is 0.181. The average Bonchev–Trinajstić information content (AvgIpc) is 2.46. The molecule has 5 nitrogen and oxygen atoms in total. The van der Waals surface area contributed by atoms with E-state index in [1.54, 1.807) is 13.3 Å². The van der Waals surface area contributed by atoms with E-state index >= 15 is 0 Å². The molecule has 1 amide bonds. The van der Waals surface area contributed by atoms with Crippen molar-refractivity contribution < 1.29 is 9.53 Å². The van der Waals surface area contributed by atoms with E-state index in [-0.39, 0.29) is 0 Å². The smallest absolute Gasteiger partial charge is 0.244 e. The molecule has 2 aromatic rings. The number of hydrogen-bond acceptors (Lipinski definition) is 4. The first-order valence-electron chi connectivity index (χ1n) is 6.23. The topological polar surface area (TPSA) is 77.2 Å². The number of carbonyl (C=O) groups is 1. The Morgan fingerprint density at radius 2 is 2.05 bits per heavy atom. The highest BCUT2D eigenvalue weighted by atomic mass is 16.5. The molecule has 1 aromatic carbocycles. The van der Waals surface area contributed by atoms with Crippen molar-refractivity contribution in [3.05, 3.63) is 53.9 Å². The van der Waals surface area contributed by atoms with E-state index in [0.29, 0.717) is 17.0 Å². The van der Waals surface area contributed by atoms with Crippen LogP contribution in [0.1, 0.15) is 17.3 Å². The van der Waals surface area contributed by atoms with E-state index in [2.05, 4.69) is 10.3 Å². The van der Waals surface area contributed by atoms with Gasteiger partial charge in [-0.25, -0.2) is 0 Å². The minimum absolute atomic E-state index is 0.471. The van der Waals surface area contributed by atoms with Gasteiger partial charge in [0.15, 0.2) is 0 Å². The number of amides is 1. The van der Waals surface area contributed by atoms with Crippen LogP contribution in [0.2, 0.25) is 0 Å². The average molecular weight is 271 g/mol. The fraction of sp³-hybridized carbons (Fsp3) is 0.200. The fourth-order valence-electron chi connectivity index (χ4n) is 1.89. The normalized spacial score (nSPS) is 11.7. The maximum absolute atomic E-state index is 11.7. The maximum Gasteiger partial charge on any atom is 0.244 e. The van der Waals surface area contributed by atoms with E-state index in [1.807, 2.05) is 43.3 Å². The zero-order chi connectivity index (χ0) is 14.5. The van der Waals surface area contributed by atoms with E-state index < -0.39 is 11.9 Å². The first-order valence-corrected chi connectivity index (χ1v) is 6.23. The summed E-state index contributed by atoms with van der Waals surface area (Å²) in [5.41, 5.74) is 7.78. The number of nitrogens with one attached hydrogen (secondary N) is 1. The van der Waals surface area contributed by atoms with Crippen molar-refractivity contribution in [1.82, 2.24) is 4.98 Å². The second-order valence-electron chi connectivity index (χ2n) is 4.41. The number of anilines is 1. The Labute approximate surface area is 117 Å². The van der Waals surface area contributed by atoms with Crippen molar-refractivity contribution in [2.75, 3.05) is 12.4 Å². The Morgan fingerprint density at radius 1 is 1.30 bits per heavy atom. The van der Waals surface area contributed by atoms with Crippen LogP contribution in [0.5, 0.6) is 5.75 Å². The molecule has 1 aromatic heterocycles. The van der Waals surface area contributed by atoms with Crippen molar-refractivity contribution in [1.29, 1.82) is 0 Å². The van der Waals surface area contributed by atoms with Gasteiger partial charge in [0.1, 0.15) is 11.8 Å². The first-order chi connectivity index (χ1) is 9.61. The second kappa shape index (κ2) is 6.06. The Kier molecular flexibility index (Phi) is 4.20. The monoisotopic (exact) mass is 271 g/mol. The number of benzene rings is 1. The summed E-state index contributed by atoms with van der Waals surface area (Å²) < 4.78 is 5.25. The minimum Gasteiger partial charge on any atom is -0.495 e. The van der Waals surface area contributed by atoms with Gasteiger partial charge >= 0.3 is 0 Å². The summed E-state index contributed by atoms with van der Waals surface area (Å²) in [7, 11) is 1.58. The predicted molar refractivity (Wildman–Crippen MR) is 77.5 cm³/mol. The first kappa shape index (κ1) is 13.9. The molecule has 0 aliphatic heterocycles. The zero-order valence-electron chi connectivity index (χ0n) is 11.5. The highest BCUT2D eigenvalue weighted by Crippen LogP contribution is 2.27. The van der Waals surface area contributed by atoms with Crippen LogP contribution in [0.25, 0.3) is 0 Å². The molecule has 0 aliphatic carbocycles. The van der Waals surface area contributed by atoms with Gasteiger partial charge in [0.2, 0.25) is 5.91 Å². The van der Waals surface area contributed by atoms with Crippen LogP contribution in [0, 0.1) is 6.92 Å². The number of ether oxygens (including phenoxy) is 1. The Morgan fingerprint density at radius 3 is 2.65 bits per heavy atom. The fourth-order valence-corrected chi connectivity index (χ4v) is 1.89. The third-order valence-electron chi connectivity index (χ3n) is 2.96. The number of para-hydroxylation sites is 2. The van der Waals surface area contributed by atoms with Crippen LogP contribution in [0.4, 0.5) is 5.69 Å². The van der Waals surface area contributed by atoms with Gasteiger partial charge in [-0.05, 0) is 25.1 Å². The number of hydrogen-bond donors (Lipinski definition) is 2. The van der Waals surface area contributed by atoms with E-state index in [1.165, 1.54) is 0 Å². The van der Waals surface area contributed by atoms with Gasteiger partial charge in [-0.15, -0.1) is 0 Å². The molecule has 0 spiro atoms. The number of primary amides is 1. The third kappa shape index (κ3) is 3.06. The molecule has 2 rings (SSSR count). The van der Waals surface area contributed by atoms with Crippen molar-refractivity contribution >= 4 is 11.6 Å². The largest absolute Gasteiger partial charge is 0.495 e. The van der Waals surface area contributed by atoms with Gasteiger partial charge < -0.3 is 15.8 Å². The number of pyridine rings is 1. The van der Waals surface area contributed by atoms with Gasteiger partial charge in [-0.1, -0.05) is 18.2 Å². The Balaban J connectivity index is 2.30. The maximum atomic E-state index is 11.7. The van der Waals surface area contributed by atoms with Crippen molar-refractivity contribution in [2.24, 2.45) is 5.73 Å². The summed E-state index contributed by atoms with van der Waals surface area (Å²) in [6, 6.07) is 10.4. The van der Waals surface area contributed by atoms with Crippen LogP contribution < -0.4 is 15.8 Å². The van der Waals surface area contributed by atoms with Gasteiger partial charge in [-0.2, -0.15) is 0 Å². The van der Waals surface area contributed by atoms with Crippen LogP contribution in [0.15, 0.2) is 42.6 Å². The molecular formula is C15H17N3O2. The van der Waals surface area contributed by atoms with Gasteiger partial charge in [0.05, 0.1) is 12.8 Å². The minimum atomic E-state index is -0.653. The molecule has 3 N–H and O–H groups in total. The number of nitrogens with two attached hydrogens (primary N) is 1. The molecule has 1 unspecified atom stereocenters. The van der Waals surface area contributed by atoms with Crippen molar-refractivity contribution in [3.63, 3.8) is 0 Å². The van der Waals surface area contributed by atoms with Gasteiger partial charge in [0.25, 0.3) is 0 Å². The summed E-state index contributed by atoms with van der Waals surface area (Å²) in [6.07, 6.45) is 1.65. The van der Waals surface area contributed by atoms with Crippen LogP contribution in [-0.4, -0.2) is 18.0 Å². The molecule has 0 radical (unpaired) electrons. The van der Waals surface area contributed by atoms with Crippen LogP contribution in [0.3, 0.4) is 0 Å². The number of carbonyl (C=O) groups excluding carboxylic acids is 1. The van der Waals surface area contributed by atoms with Crippen LogP contribution >= 0.6 is 0 Å². The van der Waals surface area contributed by atoms with E-state index in [9.17, 15) is 4.79 Å². The Hall–Kier alpha value is -2.56.